The van der Waals surface area contributed by atoms with Crippen LogP contribution in [0.5, 0.6) is 0 Å². The van der Waals surface area contributed by atoms with Crippen LogP contribution < -0.4 is 10.6 Å². The minimum absolute atomic E-state index is 0.0779. The number of imidazole rings is 1. The quantitative estimate of drug-likeness (QED) is 0.241. The number of rotatable bonds is 6. The Kier molecular flexibility index (Phi) is 8.53. The number of benzene rings is 2. The molecule has 0 atom stereocenters. The molecule has 0 aliphatic carbocycles. The highest BCUT2D eigenvalue weighted by Crippen LogP contribution is 2.35. The van der Waals surface area contributed by atoms with E-state index in [0.29, 0.717) is 30.0 Å². The molecule has 4 heterocycles. The van der Waals surface area contributed by atoms with Crippen LogP contribution in [0.25, 0.3) is 5.65 Å². The minimum atomic E-state index is -4.55. The van der Waals surface area contributed by atoms with Gasteiger partial charge >= 0.3 is 6.18 Å². The fourth-order valence-electron chi connectivity index (χ4n) is 5.38. The fourth-order valence-corrected chi connectivity index (χ4v) is 5.38. The van der Waals surface area contributed by atoms with E-state index in [0.717, 1.165) is 36.1 Å². The van der Waals surface area contributed by atoms with Crippen LogP contribution in [-0.2, 0) is 19.8 Å². The van der Waals surface area contributed by atoms with Gasteiger partial charge in [-0.05, 0) is 67.4 Å². The third kappa shape index (κ3) is 6.91. The highest BCUT2D eigenvalue weighted by Gasteiger charge is 2.34. The number of carbonyl (C=O) groups is 1. The molecule has 1 amide bonds. The number of halogens is 3. The van der Waals surface area contributed by atoms with Crippen molar-refractivity contribution in [1.82, 2.24) is 29.0 Å². The average molecular weight is 627 g/mol. The van der Waals surface area contributed by atoms with Crippen molar-refractivity contribution in [3.8, 4) is 11.8 Å². The lowest BCUT2D eigenvalue weighted by molar-refractivity contribution is -0.138. The summed E-state index contributed by atoms with van der Waals surface area (Å²) in [4.78, 5) is 21.9. The van der Waals surface area contributed by atoms with Crippen LogP contribution in [0, 0.1) is 18.8 Å². The second-order valence-corrected chi connectivity index (χ2v) is 11.5. The lowest BCUT2D eigenvalue weighted by Crippen LogP contribution is -2.44. The van der Waals surface area contributed by atoms with Crippen LogP contribution in [0.2, 0.25) is 0 Å². The van der Waals surface area contributed by atoms with Crippen LogP contribution in [0.1, 0.15) is 38.3 Å². The summed E-state index contributed by atoms with van der Waals surface area (Å²) in [6.45, 7) is 5.10. The summed E-state index contributed by atoms with van der Waals surface area (Å²) >= 11 is 0. The summed E-state index contributed by atoms with van der Waals surface area (Å²) in [5.41, 5.74) is 4.23. The van der Waals surface area contributed by atoms with Crippen LogP contribution in [0.15, 0.2) is 73.3 Å². The molecule has 3 aromatic heterocycles. The number of pyridine rings is 1. The van der Waals surface area contributed by atoms with Crippen molar-refractivity contribution < 1.29 is 18.0 Å². The molecule has 46 heavy (non-hydrogen) atoms. The molecule has 1 aliphatic heterocycles. The molecule has 1 saturated heterocycles. The van der Waals surface area contributed by atoms with Gasteiger partial charge in [0.05, 0.1) is 29.3 Å². The van der Waals surface area contributed by atoms with Crippen molar-refractivity contribution in [3.63, 3.8) is 0 Å². The summed E-state index contributed by atoms with van der Waals surface area (Å²) in [5, 5.41) is 10.1. The fraction of sp³-hybridized carbons (Fsp3) is 0.265. The van der Waals surface area contributed by atoms with Gasteiger partial charge < -0.3 is 15.5 Å². The van der Waals surface area contributed by atoms with E-state index in [4.69, 9.17) is 0 Å². The topological polar surface area (TPSA) is 82.7 Å². The first-order chi connectivity index (χ1) is 22.0. The summed E-state index contributed by atoms with van der Waals surface area (Å²) in [6.07, 6.45) is 2.57. The molecule has 6 rings (SSSR count). The van der Waals surface area contributed by atoms with E-state index in [2.05, 4.69) is 37.5 Å². The van der Waals surface area contributed by atoms with Gasteiger partial charge in [0, 0.05) is 69.0 Å². The molecule has 12 heteroatoms. The zero-order valence-corrected chi connectivity index (χ0v) is 25.7. The predicted molar refractivity (Wildman–Crippen MR) is 171 cm³/mol. The number of nitrogens with zero attached hydrogens (tertiary/aromatic N) is 6. The maximum atomic E-state index is 14.1. The number of alkyl halides is 3. The van der Waals surface area contributed by atoms with Gasteiger partial charge in [-0.25, -0.2) is 4.98 Å². The Hall–Kier alpha value is -5.12. The molecule has 0 saturated carbocycles. The molecule has 1 aliphatic rings. The number of nitrogens with one attached hydrogen (secondary N) is 2. The predicted octanol–water partition coefficient (Wildman–Crippen LogP) is 5.54. The number of hydrogen-bond donors (Lipinski definition) is 2. The molecule has 9 nitrogen and oxygen atoms in total. The normalized spacial score (nSPS) is 14.2. The van der Waals surface area contributed by atoms with Crippen molar-refractivity contribution >= 4 is 28.6 Å². The lowest BCUT2D eigenvalue weighted by atomic mass is 10.0. The SMILES string of the molecule is Cc1ccc(C(=O)Nc2ccc(CN3CCN(C)CC3)c(C(F)(F)F)c2)cc1C#Cc1cnc2c(Nc3cnn(C)c3)cccn12. The lowest BCUT2D eigenvalue weighted by Gasteiger charge is -2.33. The Labute approximate surface area is 264 Å². The van der Waals surface area contributed by atoms with E-state index in [-0.39, 0.29) is 23.4 Å². The van der Waals surface area contributed by atoms with Crippen molar-refractivity contribution in [2.45, 2.75) is 19.6 Å². The third-order valence-corrected chi connectivity index (χ3v) is 8.01. The van der Waals surface area contributed by atoms with Crippen LogP contribution in [-0.4, -0.2) is 68.1 Å². The molecule has 2 N–H and O–H groups in total. The zero-order valence-electron chi connectivity index (χ0n) is 25.7. The van der Waals surface area contributed by atoms with E-state index in [1.54, 1.807) is 35.3 Å². The Balaban J connectivity index is 1.20. The second kappa shape index (κ2) is 12.7. The highest BCUT2D eigenvalue weighted by atomic mass is 19.4. The van der Waals surface area contributed by atoms with Gasteiger partial charge in [-0.15, -0.1) is 0 Å². The number of aromatic nitrogens is 4. The Bertz CT molecular complexity index is 1960. The van der Waals surface area contributed by atoms with Crippen molar-refractivity contribution in [2.24, 2.45) is 7.05 Å². The van der Waals surface area contributed by atoms with Gasteiger partial charge in [0.1, 0.15) is 5.69 Å². The molecule has 236 valence electrons. The molecule has 0 spiro atoms. The summed E-state index contributed by atoms with van der Waals surface area (Å²) < 4.78 is 45.7. The first-order valence-corrected chi connectivity index (χ1v) is 14.8. The monoisotopic (exact) mass is 626 g/mol. The third-order valence-electron chi connectivity index (χ3n) is 8.01. The maximum absolute atomic E-state index is 14.1. The number of aryl methyl sites for hydroxylation is 2. The number of fused-ring (bicyclic) bond motifs is 1. The first-order valence-electron chi connectivity index (χ1n) is 14.8. The number of anilines is 3. The molecule has 0 radical (unpaired) electrons. The van der Waals surface area contributed by atoms with Gasteiger partial charge in [0.2, 0.25) is 0 Å². The standard InChI is InChI=1S/C34H33F3N8O/c1-23-6-7-25(33(46)41-27-10-8-26(30(18-27)34(35,36)37)21-44-15-13-42(2)14-16-44)17-24(23)9-11-29-20-38-32-31(5-4-12-45(29)32)40-28-19-39-43(3)22-28/h4-8,10,12,17-20,22,40H,13-16,21H2,1-3H3,(H,41,46). The smallest absolute Gasteiger partial charge is 0.350 e. The van der Waals surface area contributed by atoms with E-state index in [1.165, 1.54) is 12.1 Å². The molecule has 0 bridgehead atoms. The molecule has 5 aromatic rings. The number of likely N-dealkylation sites (N-methyl/N-ethyl adjacent to an activating group) is 1. The van der Waals surface area contributed by atoms with Crippen molar-refractivity contribution in [2.75, 3.05) is 43.9 Å². The van der Waals surface area contributed by atoms with E-state index in [1.807, 2.05) is 54.8 Å². The molecular weight excluding hydrogens is 593 g/mol. The van der Waals surface area contributed by atoms with E-state index >= 15 is 0 Å². The van der Waals surface area contributed by atoms with Crippen molar-refractivity contribution in [3.05, 3.63) is 107 Å². The van der Waals surface area contributed by atoms with Gasteiger partial charge in [-0.1, -0.05) is 18.1 Å². The Morgan fingerprint density at radius 2 is 1.78 bits per heavy atom. The molecule has 2 aromatic carbocycles. The van der Waals surface area contributed by atoms with Gasteiger partial charge in [0.25, 0.3) is 5.91 Å². The summed E-state index contributed by atoms with van der Waals surface area (Å²) in [7, 11) is 3.84. The Morgan fingerprint density at radius 1 is 0.978 bits per heavy atom. The molecule has 0 unspecified atom stereocenters. The Morgan fingerprint density at radius 3 is 2.52 bits per heavy atom. The molecular formula is C34H33F3N8O. The van der Waals surface area contributed by atoms with Crippen LogP contribution in [0.3, 0.4) is 0 Å². The zero-order chi connectivity index (χ0) is 32.4. The van der Waals surface area contributed by atoms with Crippen LogP contribution in [0.4, 0.5) is 30.2 Å². The van der Waals surface area contributed by atoms with Crippen LogP contribution >= 0.6 is 0 Å². The number of amides is 1. The minimum Gasteiger partial charge on any atom is -0.350 e. The van der Waals surface area contributed by atoms with Gasteiger partial charge in [-0.2, -0.15) is 18.3 Å². The number of carbonyl (C=O) groups excluding carboxylic acids is 1. The van der Waals surface area contributed by atoms with E-state index in [9.17, 15) is 18.0 Å². The molecule has 1 fully saturated rings. The number of hydrogen-bond acceptors (Lipinski definition) is 6. The van der Waals surface area contributed by atoms with Gasteiger partial charge in [0.15, 0.2) is 5.65 Å². The summed E-state index contributed by atoms with van der Waals surface area (Å²) in [5.74, 6) is 5.76. The maximum Gasteiger partial charge on any atom is 0.416 e. The first kappa shape index (κ1) is 30.9. The van der Waals surface area contributed by atoms with Gasteiger partial charge in [-0.3, -0.25) is 18.8 Å². The average Bonchev–Trinajstić information content (AvgIpc) is 3.64. The number of piperazine rings is 1. The highest BCUT2D eigenvalue weighted by molar-refractivity contribution is 6.04. The van der Waals surface area contributed by atoms with E-state index < -0.39 is 17.6 Å². The second-order valence-electron chi connectivity index (χ2n) is 11.5. The largest absolute Gasteiger partial charge is 0.416 e. The van der Waals surface area contributed by atoms with Crippen molar-refractivity contribution in [1.29, 1.82) is 0 Å². The summed E-state index contributed by atoms with van der Waals surface area (Å²) in [6, 6.07) is 12.8.